The zero-order chi connectivity index (χ0) is 15.8. The molecule has 0 atom stereocenters. The first-order valence-electron chi connectivity index (χ1n) is 7.10. The first kappa shape index (κ1) is 16.9. The van der Waals surface area contributed by atoms with Crippen molar-refractivity contribution in [1.82, 2.24) is 19.9 Å². The van der Waals surface area contributed by atoms with E-state index in [1.54, 1.807) is 11.9 Å². The lowest BCUT2D eigenvalue weighted by atomic mass is 10.5. The van der Waals surface area contributed by atoms with E-state index in [1.165, 1.54) is 0 Å². The molecule has 0 radical (unpaired) electrons. The summed E-state index contributed by atoms with van der Waals surface area (Å²) in [7, 11) is 1.74. The Bertz CT molecular complexity index is 466. The fraction of sp³-hybridized carbons (Fsp3) is 0.692. The lowest BCUT2D eigenvalue weighted by Crippen LogP contribution is -2.32. The highest BCUT2D eigenvalue weighted by molar-refractivity contribution is 5.80. The Balaban J connectivity index is 2.79. The van der Waals surface area contributed by atoms with Gasteiger partial charge in [0.2, 0.25) is 17.8 Å². The van der Waals surface area contributed by atoms with Gasteiger partial charge in [-0.1, -0.05) is 0 Å². The Morgan fingerprint density at radius 1 is 1.19 bits per heavy atom. The van der Waals surface area contributed by atoms with E-state index >= 15 is 0 Å². The molecular weight excluding hydrogens is 272 g/mol. The van der Waals surface area contributed by atoms with Crippen LogP contribution in [0.25, 0.3) is 0 Å². The number of hydrogen-bond donors (Lipinski definition) is 2. The minimum Gasteiger partial charge on any atom is -0.461 e. The Morgan fingerprint density at radius 2 is 1.81 bits per heavy atom. The van der Waals surface area contributed by atoms with Gasteiger partial charge in [-0.15, -0.1) is 0 Å². The van der Waals surface area contributed by atoms with Crippen molar-refractivity contribution in [2.24, 2.45) is 0 Å². The minimum absolute atomic E-state index is 0.0331. The molecule has 8 nitrogen and oxygen atoms in total. The first-order valence-corrected chi connectivity index (χ1v) is 7.10. The van der Waals surface area contributed by atoms with Gasteiger partial charge >= 0.3 is 6.01 Å². The van der Waals surface area contributed by atoms with E-state index in [-0.39, 0.29) is 24.6 Å². The number of carbonyl (C=O) groups is 1. The summed E-state index contributed by atoms with van der Waals surface area (Å²) in [5, 5.41) is 5.90. The van der Waals surface area contributed by atoms with E-state index in [9.17, 15) is 4.79 Å². The molecule has 0 bridgehead atoms. The van der Waals surface area contributed by atoms with Crippen LogP contribution in [0.5, 0.6) is 6.01 Å². The molecule has 0 aromatic carbocycles. The fourth-order valence-electron chi connectivity index (χ4n) is 1.40. The molecule has 118 valence electrons. The van der Waals surface area contributed by atoms with E-state index < -0.39 is 0 Å². The van der Waals surface area contributed by atoms with Crippen molar-refractivity contribution in [2.45, 2.75) is 33.8 Å². The summed E-state index contributed by atoms with van der Waals surface area (Å²) < 4.78 is 5.48. The normalized spacial score (nSPS) is 10.4. The molecule has 0 aliphatic heterocycles. The largest absolute Gasteiger partial charge is 0.461 e. The summed E-state index contributed by atoms with van der Waals surface area (Å²) in [6, 6.07) is 0.231. The number of rotatable bonds is 8. The van der Waals surface area contributed by atoms with Crippen molar-refractivity contribution < 1.29 is 9.53 Å². The summed E-state index contributed by atoms with van der Waals surface area (Å²) in [6.45, 7) is 9.11. The van der Waals surface area contributed by atoms with Crippen molar-refractivity contribution >= 4 is 17.8 Å². The van der Waals surface area contributed by atoms with Crippen LogP contribution in [-0.4, -0.2) is 58.5 Å². The molecule has 0 saturated heterocycles. The van der Waals surface area contributed by atoms with Crippen molar-refractivity contribution in [3.8, 4) is 6.01 Å². The Labute approximate surface area is 125 Å². The molecule has 2 N–H and O–H groups in total. The summed E-state index contributed by atoms with van der Waals surface area (Å²) in [5.74, 6) is 0.700. The molecule has 0 aliphatic carbocycles. The second kappa shape index (κ2) is 8.23. The van der Waals surface area contributed by atoms with Crippen molar-refractivity contribution in [2.75, 3.05) is 37.3 Å². The number of amides is 1. The molecular formula is C13H24N6O2. The van der Waals surface area contributed by atoms with Crippen LogP contribution in [0.4, 0.5) is 11.9 Å². The summed E-state index contributed by atoms with van der Waals surface area (Å²) in [5.41, 5.74) is 0. The van der Waals surface area contributed by atoms with Crippen LogP contribution >= 0.6 is 0 Å². The highest BCUT2D eigenvalue weighted by Gasteiger charge is 2.11. The standard InChI is InChI=1S/C13H24N6O2/c1-6-14-11-16-12(15-8-10(20)19(5)7-2)18-13(17-11)21-9(3)4/h9H,6-8H2,1-5H3,(H2,14,15,16,17,18). The topological polar surface area (TPSA) is 92.3 Å². The predicted molar refractivity (Wildman–Crippen MR) is 81.6 cm³/mol. The molecule has 8 heteroatoms. The lowest BCUT2D eigenvalue weighted by molar-refractivity contribution is -0.127. The maximum absolute atomic E-state index is 11.8. The molecule has 1 aromatic rings. The second-order valence-electron chi connectivity index (χ2n) is 4.72. The van der Waals surface area contributed by atoms with Gasteiger partial charge in [0.15, 0.2) is 0 Å². The molecule has 0 saturated carbocycles. The van der Waals surface area contributed by atoms with Crippen LogP contribution in [0.1, 0.15) is 27.7 Å². The van der Waals surface area contributed by atoms with Crippen LogP contribution < -0.4 is 15.4 Å². The summed E-state index contributed by atoms with van der Waals surface area (Å²) in [4.78, 5) is 25.9. The van der Waals surface area contributed by atoms with Gasteiger partial charge in [-0.2, -0.15) is 15.0 Å². The maximum Gasteiger partial charge on any atom is 0.323 e. The molecule has 1 heterocycles. The number of hydrogen-bond acceptors (Lipinski definition) is 7. The van der Waals surface area contributed by atoms with Crippen molar-refractivity contribution in [1.29, 1.82) is 0 Å². The minimum atomic E-state index is -0.0393. The molecule has 0 aliphatic rings. The number of nitrogens with one attached hydrogen (secondary N) is 2. The Morgan fingerprint density at radius 3 is 2.33 bits per heavy atom. The zero-order valence-electron chi connectivity index (χ0n) is 13.3. The van der Waals surface area contributed by atoms with Gasteiger partial charge in [0.25, 0.3) is 0 Å². The third-order valence-corrected chi connectivity index (χ3v) is 2.59. The van der Waals surface area contributed by atoms with Gasteiger partial charge in [-0.05, 0) is 27.7 Å². The highest BCUT2D eigenvalue weighted by atomic mass is 16.5. The van der Waals surface area contributed by atoms with E-state index in [4.69, 9.17) is 4.74 Å². The molecule has 1 rings (SSSR count). The average molecular weight is 296 g/mol. The molecule has 0 fully saturated rings. The van der Waals surface area contributed by atoms with Gasteiger partial charge in [0.1, 0.15) is 0 Å². The molecule has 0 unspecified atom stereocenters. The van der Waals surface area contributed by atoms with Gasteiger partial charge < -0.3 is 20.3 Å². The Hall–Kier alpha value is -2.12. The Kier molecular flexibility index (Phi) is 6.64. The van der Waals surface area contributed by atoms with Gasteiger partial charge in [-0.3, -0.25) is 4.79 Å². The number of nitrogens with zero attached hydrogens (tertiary/aromatic N) is 4. The third kappa shape index (κ3) is 5.80. The number of anilines is 2. The van der Waals surface area contributed by atoms with Crippen molar-refractivity contribution in [3.05, 3.63) is 0 Å². The third-order valence-electron chi connectivity index (χ3n) is 2.59. The van der Waals surface area contributed by atoms with E-state index in [0.717, 1.165) is 0 Å². The number of ether oxygens (including phenoxy) is 1. The fourth-order valence-corrected chi connectivity index (χ4v) is 1.40. The van der Waals surface area contributed by atoms with Gasteiger partial charge in [0, 0.05) is 20.1 Å². The van der Waals surface area contributed by atoms with Gasteiger partial charge in [-0.25, -0.2) is 0 Å². The maximum atomic E-state index is 11.8. The van der Waals surface area contributed by atoms with Crippen LogP contribution in [0.3, 0.4) is 0 Å². The molecule has 21 heavy (non-hydrogen) atoms. The molecule has 1 aromatic heterocycles. The smallest absolute Gasteiger partial charge is 0.323 e. The number of carbonyl (C=O) groups excluding carboxylic acids is 1. The zero-order valence-corrected chi connectivity index (χ0v) is 13.3. The quantitative estimate of drug-likeness (QED) is 0.738. The van der Waals surface area contributed by atoms with E-state index in [0.29, 0.717) is 25.0 Å². The van der Waals surface area contributed by atoms with Crippen LogP contribution in [0, 0.1) is 0 Å². The highest BCUT2D eigenvalue weighted by Crippen LogP contribution is 2.12. The predicted octanol–water partition coefficient (Wildman–Crippen LogP) is 0.981. The van der Waals surface area contributed by atoms with Gasteiger partial charge in [0.05, 0.1) is 12.6 Å². The van der Waals surface area contributed by atoms with E-state index in [2.05, 4.69) is 25.6 Å². The van der Waals surface area contributed by atoms with Crippen LogP contribution in [0.2, 0.25) is 0 Å². The lowest BCUT2D eigenvalue weighted by Gasteiger charge is -2.15. The summed E-state index contributed by atoms with van der Waals surface area (Å²) in [6.07, 6.45) is -0.0393. The number of likely N-dealkylation sites (N-methyl/N-ethyl adjacent to an activating group) is 1. The average Bonchev–Trinajstić information content (AvgIpc) is 2.43. The van der Waals surface area contributed by atoms with Crippen LogP contribution in [-0.2, 0) is 4.79 Å². The first-order chi connectivity index (χ1) is 9.96. The monoisotopic (exact) mass is 296 g/mol. The van der Waals surface area contributed by atoms with Crippen molar-refractivity contribution in [3.63, 3.8) is 0 Å². The van der Waals surface area contributed by atoms with E-state index in [1.807, 2.05) is 27.7 Å². The van der Waals surface area contributed by atoms with Crippen LogP contribution in [0.15, 0.2) is 0 Å². The second-order valence-corrected chi connectivity index (χ2v) is 4.72. The SMILES string of the molecule is CCNc1nc(NCC(=O)N(C)CC)nc(OC(C)C)n1. The summed E-state index contributed by atoms with van der Waals surface area (Å²) >= 11 is 0. The molecule has 1 amide bonds. The molecule has 0 spiro atoms. The number of aromatic nitrogens is 3.